The van der Waals surface area contributed by atoms with Crippen molar-refractivity contribution < 1.29 is 5.11 Å². The molecule has 0 aromatic carbocycles. The van der Waals surface area contributed by atoms with Crippen molar-refractivity contribution >= 4 is 11.3 Å². The molecule has 0 atom stereocenters. The number of pyridine rings is 1. The fourth-order valence-corrected chi connectivity index (χ4v) is 1.44. The largest absolute Gasteiger partial charge is 0.399 e. The van der Waals surface area contributed by atoms with Gasteiger partial charge in [0.15, 0.2) is 11.5 Å². The minimum Gasteiger partial charge on any atom is -0.399 e. The summed E-state index contributed by atoms with van der Waals surface area (Å²) in [6.07, 6.45) is 3.24. The number of aromatic nitrogens is 3. The van der Waals surface area contributed by atoms with Crippen LogP contribution in [0.4, 0.5) is 5.69 Å². The molecule has 3 rings (SSSR count). The molecule has 5 heteroatoms. The maximum Gasteiger partial charge on any atom is 0.183 e. The van der Waals surface area contributed by atoms with E-state index in [1.807, 2.05) is 0 Å². The SMILES string of the molecule is Nc1ccn2nc(C3(O)CC3)nc2c1. The molecule has 0 radical (unpaired) electrons. The number of nitrogens with zero attached hydrogens (tertiary/aromatic N) is 3. The van der Waals surface area contributed by atoms with E-state index in [-0.39, 0.29) is 0 Å². The third-order valence-corrected chi connectivity index (χ3v) is 2.50. The number of fused-ring (bicyclic) bond motifs is 1. The second-order valence-corrected chi connectivity index (χ2v) is 3.73. The Labute approximate surface area is 80.2 Å². The predicted molar refractivity (Wildman–Crippen MR) is 50.5 cm³/mol. The first kappa shape index (κ1) is 7.75. The first-order valence-electron chi connectivity index (χ1n) is 4.52. The molecule has 2 aromatic heterocycles. The Balaban J connectivity index is 2.20. The van der Waals surface area contributed by atoms with Gasteiger partial charge in [-0.2, -0.15) is 0 Å². The summed E-state index contributed by atoms with van der Waals surface area (Å²) in [7, 11) is 0. The molecule has 0 spiro atoms. The zero-order valence-electron chi connectivity index (χ0n) is 7.51. The zero-order valence-corrected chi connectivity index (χ0v) is 7.51. The highest BCUT2D eigenvalue weighted by molar-refractivity contribution is 5.51. The summed E-state index contributed by atoms with van der Waals surface area (Å²) in [5.74, 6) is 0.503. The second-order valence-electron chi connectivity index (χ2n) is 3.73. The molecule has 0 unspecified atom stereocenters. The molecule has 2 heterocycles. The Morgan fingerprint density at radius 3 is 3.00 bits per heavy atom. The molecule has 1 aliphatic rings. The van der Waals surface area contributed by atoms with E-state index in [4.69, 9.17) is 5.73 Å². The van der Waals surface area contributed by atoms with Gasteiger partial charge in [-0.15, -0.1) is 5.10 Å². The molecular weight excluding hydrogens is 180 g/mol. The third-order valence-electron chi connectivity index (χ3n) is 2.50. The fraction of sp³-hybridized carbons (Fsp3) is 0.333. The molecule has 1 aliphatic carbocycles. The van der Waals surface area contributed by atoms with Crippen LogP contribution in [0.25, 0.3) is 5.65 Å². The van der Waals surface area contributed by atoms with E-state index >= 15 is 0 Å². The number of hydrogen-bond acceptors (Lipinski definition) is 4. The van der Waals surface area contributed by atoms with Crippen LogP contribution >= 0.6 is 0 Å². The number of anilines is 1. The highest BCUT2D eigenvalue weighted by Gasteiger charge is 2.46. The summed E-state index contributed by atoms with van der Waals surface area (Å²) in [4.78, 5) is 4.23. The van der Waals surface area contributed by atoms with Crippen molar-refractivity contribution in [1.82, 2.24) is 14.6 Å². The molecule has 0 bridgehead atoms. The van der Waals surface area contributed by atoms with Gasteiger partial charge in [-0.25, -0.2) is 9.50 Å². The van der Waals surface area contributed by atoms with Crippen LogP contribution in [0, 0.1) is 0 Å². The van der Waals surface area contributed by atoms with Gasteiger partial charge in [-0.05, 0) is 18.9 Å². The Bertz CT molecular complexity index is 500. The third kappa shape index (κ3) is 0.990. The van der Waals surface area contributed by atoms with Gasteiger partial charge in [0.05, 0.1) is 0 Å². The van der Waals surface area contributed by atoms with E-state index in [9.17, 15) is 5.11 Å². The Morgan fingerprint density at radius 1 is 1.50 bits per heavy atom. The van der Waals surface area contributed by atoms with Crippen LogP contribution in [0.3, 0.4) is 0 Å². The van der Waals surface area contributed by atoms with Gasteiger partial charge in [-0.3, -0.25) is 0 Å². The molecule has 1 fully saturated rings. The monoisotopic (exact) mass is 190 g/mol. The van der Waals surface area contributed by atoms with Crippen molar-refractivity contribution in [3.63, 3.8) is 0 Å². The van der Waals surface area contributed by atoms with Crippen molar-refractivity contribution in [3.8, 4) is 0 Å². The van der Waals surface area contributed by atoms with Crippen LogP contribution in [0.15, 0.2) is 18.3 Å². The van der Waals surface area contributed by atoms with Crippen LogP contribution in [-0.2, 0) is 5.60 Å². The number of rotatable bonds is 1. The summed E-state index contributed by atoms with van der Waals surface area (Å²) >= 11 is 0. The Morgan fingerprint density at radius 2 is 2.29 bits per heavy atom. The van der Waals surface area contributed by atoms with Crippen LogP contribution in [0.5, 0.6) is 0 Å². The molecule has 0 aliphatic heterocycles. The molecule has 5 nitrogen and oxygen atoms in total. The van der Waals surface area contributed by atoms with E-state index in [0.29, 0.717) is 17.2 Å². The Hall–Kier alpha value is -1.62. The minimum absolute atomic E-state index is 0.503. The average molecular weight is 190 g/mol. The van der Waals surface area contributed by atoms with Crippen LogP contribution in [-0.4, -0.2) is 19.7 Å². The van der Waals surface area contributed by atoms with Gasteiger partial charge in [-0.1, -0.05) is 0 Å². The fourth-order valence-electron chi connectivity index (χ4n) is 1.44. The topological polar surface area (TPSA) is 76.4 Å². The molecule has 3 N–H and O–H groups in total. The zero-order chi connectivity index (χ0) is 9.76. The molecule has 0 saturated heterocycles. The van der Waals surface area contributed by atoms with Crippen LogP contribution < -0.4 is 5.73 Å². The molecule has 72 valence electrons. The minimum atomic E-state index is -0.777. The van der Waals surface area contributed by atoms with Crippen molar-refractivity contribution in [2.24, 2.45) is 0 Å². The molecule has 1 saturated carbocycles. The smallest absolute Gasteiger partial charge is 0.183 e. The Kier molecular flexibility index (Phi) is 1.24. The van der Waals surface area contributed by atoms with E-state index in [1.54, 1.807) is 22.8 Å². The maximum atomic E-state index is 9.80. The van der Waals surface area contributed by atoms with E-state index in [1.165, 1.54) is 0 Å². The highest BCUT2D eigenvalue weighted by atomic mass is 16.3. The van der Waals surface area contributed by atoms with Crippen LogP contribution in [0.2, 0.25) is 0 Å². The van der Waals surface area contributed by atoms with Gasteiger partial charge in [0.1, 0.15) is 5.60 Å². The standard InChI is InChI=1S/C9H10N4O/c10-6-1-4-13-7(5-6)11-8(12-13)9(14)2-3-9/h1,4-5,14H,2-3,10H2. The molecule has 2 aromatic rings. The first-order valence-corrected chi connectivity index (χ1v) is 4.52. The lowest BCUT2D eigenvalue weighted by atomic mass is 10.3. The van der Waals surface area contributed by atoms with Gasteiger partial charge in [0.25, 0.3) is 0 Å². The van der Waals surface area contributed by atoms with Gasteiger partial charge in [0, 0.05) is 18.0 Å². The van der Waals surface area contributed by atoms with Crippen molar-refractivity contribution in [3.05, 3.63) is 24.2 Å². The average Bonchev–Trinajstić information content (AvgIpc) is 2.77. The van der Waals surface area contributed by atoms with E-state index in [0.717, 1.165) is 12.8 Å². The van der Waals surface area contributed by atoms with Crippen molar-refractivity contribution in [2.45, 2.75) is 18.4 Å². The van der Waals surface area contributed by atoms with Gasteiger partial charge >= 0.3 is 0 Å². The summed E-state index contributed by atoms with van der Waals surface area (Å²) in [5, 5.41) is 14.0. The molecule has 0 amide bonds. The quantitative estimate of drug-likeness (QED) is 0.677. The lowest BCUT2D eigenvalue weighted by molar-refractivity contribution is 0.141. The highest BCUT2D eigenvalue weighted by Crippen LogP contribution is 2.43. The second kappa shape index (κ2) is 2.24. The summed E-state index contributed by atoms with van der Waals surface area (Å²) in [6, 6.07) is 3.49. The predicted octanol–water partition coefficient (Wildman–Crippen LogP) is 0.293. The van der Waals surface area contributed by atoms with Gasteiger partial charge < -0.3 is 10.8 Å². The summed E-state index contributed by atoms with van der Waals surface area (Å²) in [5.41, 5.74) is 6.17. The van der Waals surface area contributed by atoms with Crippen molar-refractivity contribution in [2.75, 3.05) is 5.73 Å². The van der Waals surface area contributed by atoms with Crippen LogP contribution in [0.1, 0.15) is 18.7 Å². The molecular formula is C9H10N4O. The van der Waals surface area contributed by atoms with E-state index < -0.39 is 5.60 Å². The van der Waals surface area contributed by atoms with E-state index in [2.05, 4.69) is 10.1 Å². The number of aliphatic hydroxyl groups is 1. The number of nitrogens with two attached hydrogens (primary N) is 1. The number of hydrogen-bond donors (Lipinski definition) is 2. The number of nitrogen functional groups attached to an aromatic ring is 1. The normalized spacial score (nSPS) is 18.6. The first-order chi connectivity index (χ1) is 6.67. The lowest BCUT2D eigenvalue weighted by Crippen LogP contribution is -2.06. The van der Waals surface area contributed by atoms with Crippen molar-refractivity contribution in [1.29, 1.82) is 0 Å². The summed E-state index contributed by atoms with van der Waals surface area (Å²) < 4.78 is 1.63. The lowest BCUT2D eigenvalue weighted by Gasteiger charge is -1.97. The molecule has 14 heavy (non-hydrogen) atoms. The van der Waals surface area contributed by atoms with Gasteiger partial charge in [0.2, 0.25) is 0 Å². The maximum absolute atomic E-state index is 9.80. The summed E-state index contributed by atoms with van der Waals surface area (Å²) in [6.45, 7) is 0.